The Balaban J connectivity index is 1.44. The molecule has 8 nitrogen and oxygen atoms in total. The van der Waals surface area contributed by atoms with Crippen LogP contribution in [0.5, 0.6) is 0 Å². The number of hydrogen-bond donors (Lipinski definition) is 1. The number of sulfonamides is 1. The third-order valence-electron chi connectivity index (χ3n) is 5.30. The van der Waals surface area contributed by atoms with Gasteiger partial charge in [-0.3, -0.25) is 4.79 Å². The van der Waals surface area contributed by atoms with Gasteiger partial charge in [0.1, 0.15) is 0 Å². The predicted octanol–water partition coefficient (Wildman–Crippen LogP) is 2.99. The SMILES string of the molecule is C=CCNc1nnc(SCC(=O)N2CCCc3cc(S(=O)(=O)N4CCCC4)ccc32)s1. The molecule has 1 aromatic carbocycles. The second kappa shape index (κ2) is 9.68. The van der Waals surface area contributed by atoms with E-state index in [4.69, 9.17) is 0 Å². The van der Waals surface area contributed by atoms with Crippen molar-refractivity contribution >= 4 is 49.8 Å². The minimum absolute atomic E-state index is 0.0168. The van der Waals surface area contributed by atoms with E-state index in [9.17, 15) is 13.2 Å². The molecule has 0 atom stereocenters. The molecular weight excluding hydrogens is 454 g/mol. The molecule has 0 spiro atoms. The molecule has 1 aromatic heterocycles. The molecule has 1 amide bonds. The Labute approximate surface area is 190 Å². The molecule has 11 heteroatoms. The van der Waals surface area contributed by atoms with Crippen LogP contribution in [0.4, 0.5) is 10.8 Å². The number of carbonyl (C=O) groups excluding carboxylic acids is 1. The maximum atomic E-state index is 12.9. The van der Waals surface area contributed by atoms with Crippen LogP contribution in [0.2, 0.25) is 0 Å². The Morgan fingerprint density at radius 3 is 2.81 bits per heavy atom. The van der Waals surface area contributed by atoms with Crippen molar-refractivity contribution < 1.29 is 13.2 Å². The van der Waals surface area contributed by atoms with Crippen LogP contribution in [-0.2, 0) is 21.2 Å². The Hall–Kier alpha value is -1.95. The summed E-state index contributed by atoms with van der Waals surface area (Å²) in [5.74, 6) is 0.237. The van der Waals surface area contributed by atoms with Crippen molar-refractivity contribution in [3.8, 4) is 0 Å². The molecule has 0 radical (unpaired) electrons. The molecule has 0 unspecified atom stereocenters. The van der Waals surface area contributed by atoms with Crippen LogP contribution in [0.3, 0.4) is 0 Å². The number of amides is 1. The largest absolute Gasteiger partial charge is 0.357 e. The van der Waals surface area contributed by atoms with Gasteiger partial charge in [0.25, 0.3) is 0 Å². The summed E-state index contributed by atoms with van der Waals surface area (Å²) in [6, 6.07) is 5.16. The molecule has 2 aliphatic heterocycles. The lowest BCUT2D eigenvalue weighted by Crippen LogP contribution is -2.37. The molecule has 1 fully saturated rings. The van der Waals surface area contributed by atoms with E-state index in [1.54, 1.807) is 33.5 Å². The monoisotopic (exact) mass is 479 g/mol. The van der Waals surface area contributed by atoms with E-state index in [1.807, 2.05) is 0 Å². The van der Waals surface area contributed by atoms with Gasteiger partial charge in [0.2, 0.25) is 21.1 Å². The summed E-state index contributed by atoms with van der Waals surface area (Å²) >= 11 is 2.76. The normalized spacial score (nSPS) is 16.8. The summed E-state index contributed by atoms with van der Waals surface area (Å²) < 4.78 is 28.0. The third kappa shape index (κ3) is 4.94. The highest BCUT2D eigenvalue weighted by atomic mass is 32.2. The number of nitrogens with zero attached hydrogens (tertiary/aromatic N) is 4. The minimum atomic E-state index is -3.46. The number of rotatable bonds is 8. The van der Waals surface area contributed by atoms with Crippen LogP contribution in [0.15, 0.2) is 40.1 Å². The van der Waals surface area contributed by atoms with Crippen molar-refractivity contribution in [2.45, 2.75) is 34.9 Å². The Kier molecular flexibility index (Phi) is 6.95. The van der Waals surface area contributed by atoms with Crippen LogP contribution in [-0.4, -0.2) is 60.8 Å². The van der Waals surface area contributed by atoms with E-state index < -0.39 is 10.0 Å². The second-order valence-corrected chi connectivity index (χ2v) is 11.5. The van der Waals surface area contributed by atoms with Crippen LogP contribution < -0.4 is 10.2 Å². The molecule has 166 valence electrons. The van der Waals surface area contributed by atoms with Gasteiger partial charge in [0.05, 0.1) is 10.6 Å². The molecule has 0 bridgehead atoms. The molecule has 2 aromatic rings. The van der Waals surface area contributed by atoms with E-state index >= 15 is 0 Å². The van der Waals surface area contributed by atoms with Crippen molar-refractivity contribution in [3.63, 3.8) is 0 Å². The van der Waals surface area contributed by atoms with Gasteiger partial charge in [0, 0.05) is 31.9 Å². The van der Waals surface area contributed by atoms with Crippen LogP contribution in [0.1, 0.15) is 24.8 Å². The third-order valence-corrected chi connectivity index (χ3v) is 9.19. The number of thioether (sulfide) groups is 1. The summed E-state index contributed by atoms with van der Waals surface area (Å²) in [7, 11) is -3.46. The summed E-state index contributed by atoms with van der Waals surface area (Å²) in [6.07, 6.45) is 5.14. The standard InChI is InChI=1S/C20H25N5O3S3/c1-2-9-21-19-22-23-20(30-19)29-14-18(26)25-12-5-6-15-13-16(7-8-17(15)25)31(27,28)24-10-3-4-11-24/h2,7-8,13H,1,3-6,9-12,14H2,(H,21,22). The first-order valence-corrected chi connectivity index (χ1v) is 13.5. The zero-order chi connectivity index (χ0) is 21.8. The fourth-order valence-corrected chi connectivity index (χ4v) is 6.97. The molecule has 0 saturated carbocycles. The van der Waals surface area contributed by atoms with Crippen LogP contribution >= 0.6 is 23.1 Å². The van der Waals surface area contributed by atoms with Gasteiger partial charge >= 0.3 is 0 Å². The lowest BCUT2D eigenvalue weighted by molar-refractivity contribution is -0.116. The molecule has 3 heterocycles. The average molecular weight is 480 g/mol. The molecule has 1 N–H and O–H groups in total. The van der Waals surface area contributed by atoms with Gasteiger partial charge in [-0.25, -0.2) is 8.42 Å². The number of fused-ring (bicyclic) bond motifs is 1. The average Bonchev–Trinajstić information content (AvgIpc) is 3.48. The highest BCUT2D eigenvalue weighted by molar-refractivity contribution is 8.01. The Morgan fingerprint density at radius 2 is 2.03 bits per heavy atom. The highest BCUT2D eigenvalue weighted by Gasteiger charge is 2.29. The molecule has 31 heavy (non-hydrogen) atoms. The van der Waals surface area contributed by atoms with Crippen molar-refractivity contribution in [1.82, 2.24) is 14.5 Å². The maximum absolute atomic E-state index is 12.9. The van der Waals surface area contributed by atoms with Gasteiger partial charge in [-0.1, -0.05) is 29.2 Å². The van der Waals surface area contributed by atoms with E-state index in [0.29, 0.717) is 36.2 Å². The first kappa shape index (κ1) is 22.3. The Morgan fingerprint density at radius 1 is 1.23 bits per heavy atom. The predicted molar refractivity (Wildman–Crippen MR) is 124 cm³/mol. The van der Waals surface area contributed by atoms with Gasteiger partial charge in [0.15, 0.2) is 4.34 Å². The van der Waals surface area contributed by atoms with Crippen molar-refractivity contribution in [3.05, 3.63) is 36.4 Å². The molecule has 4 rings (SSSR count). The zero-order valence-corrected chi connectivity index (χ0v) is 19.6. The number of nitrogens with one attached hydrogen (secondary N) is 1. The molecule has 0 aliphatic carbocycles. The Bertz CT molecular complexity index is 1060. The highest BCUT2D eigenvalue weighted by Crippen LogP contribution is 2.32. The van der Waals surface area contributed by atoms with E-state index in [0.717, 1.165) is 41.3 Å². The number of aromatic nitrogens is 2. The second-order valence-electron chi connectivity index (χ2n) is 7.38. The summed E-state index contributed by atoms with van der Waals surface area (Å²) in [5, 5.41) is 11.9. The maximum Gasteiger partial charge on any atom is 0.243 e. The van der Waals surface area contributed by atoms with E-state index in [2.05, 4.69) is 22.1 Å². The van der Waals surface area contributed by atoms with E-state index in [-0.39, 0.29) is 11.7 Å². The van der Waals surface area contributed by atoms with Crippen LogP contribution in [0.25, 0.3) is 0 Å². The summed E-state index contributed by atoms with van der Waals surface area (Å²) in [5.41, 5.74) is 1.72. The molecule has 1 saturated heterocycles. The number of anilines is 2. The van der Waals surface area contributed by atoms with Gasteiger partial charge < -0.3 is 10.2 Å². The lowest BCUT2D eigenvalue weighted by atomic mass is 10.0. The van der Waals surface area contributed by atoms with Crippen LogP contribution in [0, 0.1) is 0 Å². The summed E-state index contributed by atoms with van der Waals surface area (Å²) in [4.78, 5) is 15.0. The number of benzene rings is 1. The van der Waals surface area contributed by atoms with Gasteiger partial charge in [-0.15, -0.1) is 16.8 Å². The fourth-order valence-electron chi connectivity index (χ4n) is 3.77. The van der Waals surface area contributed by atoms with Crippen molar-refractivity contribution in [1.29, 1.82) is 0 Å². The topological polar surface area (TPSA) is 95.5 Å². The first-order chi connectivity index (χ1) is 15.0. The van der Waals surface area contributed by atoms with E-state index in [1.165, 1.54) is 23.1 Å². The summed E-state index contributed by atoms with van der Waals surface area (Å²) in [6.45, 7) is 6.06. The van der Waals surface area contributed by atoms with Crippen molar-refractivity contribution in [2.75, 3.05) is 42.1 Å². The zero-order valence-electron chi connectivity index (χ0n) is 17.1. The number of aryl methyl sites for hydroxylation is 1. The van der Waals surface area contributed by atoms with Gasteiger partial charge in [-0.05, 0) is 49.4 Å². The number of hydrogen-bond acceptors (Lipinski definition) is 8. The minimum Gasteiger partial charge on any atom is -0.357 e. The molecule has 2 aliphatic rings. The lowest BCUT2D eigenvalue weighted by Gasteiger charge is -2.30. The smallest absolute Gasteiger partial charge is 0.243 e. The van der Waals surface area contributed by atoms with Crippen molar-refractivity contribution in [2.24, 2.45) is 0 Å². The molecular formula is C20H25N5O3S3. The number of carbonyl (C=O) groups is 1. The fraction of sp³-hybridized carbons (Fsp3) is 0.450. The first-order valence-electron chi connectivity index (χ1n) is 10.2. The quantitative estimate of drug-likeness (QED) is 0.459. The van der Waals surface area contributed by atoms with Gasteiger partial charge in [-0.2, -0.15) is 4.31 Å².